The minimum Gasteiger partial charge on any atom is -0.337 e. The molecule has 5 rings (SSSR count). The molecule has 0 aliphatic rings. The molecule has 0 radical (unpaired) electrons. The maximum absolute atomic E-state index is 4.69. The number of hydrogen-bond donors (Lipinski definition) is 3. The molecule has 27 heavy (non-hydrogen) atoms. The molecule has 0 aliphatic carbocycles. The third-order valence-electron chi connectivity index (χ3n) is 4.69. The molecule has 132 valence electrons. The highest BCUT2D eigenvalue weighted by Gasteiger charge is 2.13. The zero-order valence-electron chi connectivity index (χ0n) is 14.8. The van der Waals surface area contributed by atoms with Crippen LogP contribution in [0, 0.1) is 0 Å². The van der Waals surface area contributed by atoms with Crippen LogP contribution in [0.3, 0.4) is 0 Å². The molecule has 0 bridgehead atoms. The molecule has 0 saturated carbocycles. The Morgan fingerprint density at radius 2 is 1.89 bits per heavy atom. The number of imidazole rings is 1. The summed E-state index contributed by atoms with van der Waals surface area (Å²) in [4.78, 5) is 12.4. The number of nitrogens with one attached hydrogen (secondary N) is 3. The lowest BCUT2D eigenvalue weighted by atomic mass is 10.0. The van der Waals surface area contributed by atoms with Gasteiger partial charge in [0.2, 0.25) is 0 Å². The molecular weight excluding hydrogens is 336 g/mol. The lowest BCUT2D eigenvalue weighted by Crippen LogP contribution is -2.05. The molecule has 0 fully saturated rings. The Labute approximate surface area is 155 Å². The molecule has 0 saturated heterocycles. The maximum Gasteiger partial charge on any atom is 0.159 e. The van der Waals surface area contributed by atoms with Gasteiger partial charge in [-0.2, -0.15) is 5.10 Å². The van der Waals surface area contributed by atoms with Crippen molar-refractivity contribution in [3.8, 4) is 22.6 Å². The Hall–Kier alpha value is -3.51. The molecule has 0 atom stereocenters. The van der Waals surface area contributed by atoms with E-state index < -0.39 is 0 Å². The van der Waals surface area contributed by atoms with E-state index in [1.807, 2.05) is 43.7 Å². The van der Waals surface area contributed by atoms with Crippen LogP contribution in [0.1, 0.15) is 5.56 Å². The third-order valence-corrected chi connectivity index (χ3v) is 4.69. The molecule has 3 N–H and O–H groups in total. The van der Waals surface area contributed by atoms with Crippen LogP contribution in [0.4, 0.5) is 0 Å². The standard InChI is InChI=1S/C21H18N6/c1-22-10-13-8-15(12-23-11-13)14-6-7-17-16(9-14)20(27-26-17)21-24-18-4-2-3-5-19(18)25-21/h2-9,11-12,22H,10H2,1H3,(H,24,25)(H,26,27). The summed E-state index contributed by atoms with van der Waals surface area (Å²) in [5.74, 6) is 0.765. The summed E-state index contributed by atoms with van der Waals surface area (Å²) in [6.45, 7) is 0.791. The fraction of sp³-hybridized carbons (Fsp3) is 0.0952. The normalized spacial score (nSPS) is 11.4. The van der Waals surface area contributed by atoms with Crippen LogP contribution in [0.5, 0.6) is 0 Å². The number of hydrogen-bond acceptors (Lipinski definition) is 4. The first-order valence-electron chi connectivity index (χ1n) is 8.84. The quantitative estimate of drug-likeness (QED) is 0.457. The Bertz CT molecular complexity index is 1220. The van der Waals surface area contributed by atoms with E-state index in [4.69, 9.17) is 0 Å². The number of para-hydroxylation sites is 2. The second-order valence-electron chi connectivity index (χ2n) is 6.55. The summed E-state index contributed by atoms with van der Waals surface area (Å²) < 4.78 is 0. The molecule has 5 aromatic rings. The molecule has 6 heteroatoms. The number of aromatic amines is 2. The van der Waals surface area contributed by atoms with E-state index in [1.54, 1.807) is 0 Å². The van der Waals surface area contributed by atoms with Crippen LogP contribution in [-0.2, 0) is 6.54 Å². The minimum absolute atomic E-state index is 0.765. The smallest absolute Gasteiger partial charge is 0.159 e. The largest absolute Gasteiger partial charge is 0.337 e. The fourth-order valence-corrected chi connectivity index (χ4v) is 3.39. The first-order chi connectivity index (χ1) is 13.3. The van der Waals surface area contributed by atoms with Crippen LogP contribution in [0.25, 0.3) is 44.6 Å². The van der Waals surface area contributed by atoms with Crippen molar-refractivity contribution < 1.29 is 0 Å². The van der Waals surface area contributed by atoms with E-state index in [9.17, 15) is 0 Å². The van der Waals surface area contributed by atoms with Crippen molar-refractivity contribution in [2.45, 2.75) is 6.54 Å². The lowest BCUT2D eigenvalue weighted by Gasteiger charge is -2.05. The lowest BCUT2D eigenvalue weighted by molar-refractivity contribution is 0.813. The molecular formula is C21H18N6. The van der Waals surface area contributed by atoms with Crippen molar-refractivity contribution in [3.05, 3.63) is 66.5 Å². The van der Waals surface area contributed by atoms with Gasteiger partial charge in [-0.25, -0.2) is 4.98 Å². The number of H-pyrrole nitrogens is 2. The van der Waals surface area contributed by atoms with Crippen LogP contribution in [0.2, 0.25) is 0 Å². The van der Waals surface area contributed by atoms with E-state index >= 15 is 0 Å². The van der Waals surface area contributed by atoms with Crippen LogP contribution in [-0.4, -0.2) is 32.2 Å². The monoisotopic (exact) mass is 354 g/mol. The van der Waals surface area contributed by atoms with Gasteiger partial charge in [0.05, 0.1) is 16.6 Å². The van der Waals surface area contributed by atoms with Gasteiger partial charge in [0.25, 0.3) is 0 Å². The topological polar surface area (TPSA) is 82.3 Å². The van der Waals surface area contributed by atoms with E-state index in [1.165, 1.54) is 0 Å². The summed E-state index contributed by atoms with van der Waals surface area (Å²) >= 11 is 0. The number of benzene rings is 2. The zero-order chi connectivity index (χ0) is 18.2. The maximum atomic E-state index is 4.69. The number of pyridine rings is 1. The van der Waals surface area contributed by atoms with E-state index in [0.717, 1.165) is 56.7 Å². The minimum atomic E-state index is 0.765. The second-order valence-corrected chi connectivity index (χ2v) is 6.55. The predicted octanol–water partition coefficient (Wildman–Crippen LogP) is 3.89. The van der Waals surface area contributed by atoms with Crippen molar-refractivity contribution in [2.75, 3.05) is 7.05 Å². The molecule has 0 unspecified atom stereocenters. The number of nitrogens with zero attached hydrogens (tertiary/aromatic N) is 3. The average molecular weight is 354 g/mol. The number of fused-ring (bicyclic) bond motifs is 2. The van der Waals surface area contributed by atoms with Gasteiger partial charge >= 0.3 is 0 Å². The highest BCUT2D eigenvalue weighted by Crippen LogP contribution is 2.30. The Morgan fingerprint density at radius 3 is 2.78 bits per heavy atom. The molecule has 0 spiro atoms. The Morgan fingerprint density at radius 1 is 0.963 bits per heavy atom. The highest BCUT2D eigenvalue weighted by molar-refractivity contribution is 5.95. The van der Waals surface area contributed by atoms with Gasteiger partial charge in [-0.15, -0.1) is 0 Å². The molecule has 6 nitrogen and oxygen atoms in total. The molecule has 2 aromatic carbocycles. The summed E-state index contributed by atoms with van der Waals surface area (Å²) in [7, 11) is 1.93. The molecule has 3 heterocycles. The van der Waals surface area contributed by atoms with Crippen LogP contribution < -0.4 is 5.32 Å². The first-order valence-corrected chi connectivity index (χ1v) is 8.84. The first kappa shape index (κ1) is 15.7. The predicted molar refractivity (Wildman–Crippen MR) is 107 cm³/mol. The molecule has 3 aromatic heterocycles. The van der Waals surface area contributed by atoms with Crippen molar-refractivity contribution in [2.24, 2.45) is 0 Å². The van der Waals surface area contributed by atoms with Gasteiger partial charge in [0.15, 0.2) is 5.82 Å². The summed E-state index contributed by atoms with van der Waals surface area (Å²) in [6.07, 6.45) is 3.78. The van der Waals surface area contributed by atoms with E-state index in [2.05, 4.69) is 54.7 Å². The molecule has 0 aliphatic heterocycles. The van der Waals surface area contributed by atoms with Crippen LogP contribution in [0.15, 0.2) is 60.9 Å². The highest BCUT2D eigenvalue weighted by atomic mass is 15.1. The Balaban J connectivity index is 1.63. The van der Waals surface area contributed by atoms with E-state index in [-0.39, 0.29) is 0 Å². The fourth-order valence-electron chi connectivity index (χ4n) is 3.39. The van der Waals surface area contributed by atoms with Crippen molar-refractivity contribution >= 4 is 21.9 Å². The summed E-state index contributed by atoms with van der Waals surface area (Å²) in [6, 6.07) is 16.4. The van der Waals surface area contributed by atoms with Gasteiger partial charge in [0, 0.05) is 29.9 Å². The number of rotatable bonds is 4. The second kappa shape index (κ2) is 6.34. The van der Waals surface area contributed by atoms with Gasteiger partial charge in [-0.05, 0) is 48.5 Å². The van der Waals surface area contributed by atoms with Gasteiger partial charge in [-0.1, -0.05) is 18.2 Å². The van der Waals surface area contributed by atoms with Crippen molar-refractivity contribution in [1.29, 1.82) is 0 Å². The van der Waals surface area contributed by atoms with Crippen molar-refractivity contribution in [3.63, 3.8) is 0 Å². The van der Waals surface area contributed by atoms with E-state index in [0.29, 0.717) is 0 Å². The third kappa shape index (κ3) is 2.76. The number of aromatic nitrogens is 5. The van der Waals surface area contributed by atoms with Crippen molar-refractivity contribution in [1.82, 2.24) is 30.5 Å². The molecule has 0 amide bonds. The summed E-state index contributed by atoms with van der Waals surface area (Å²) in [5.41, 5.74) is 7.08. The van der Waals surface area contributed by atoms with Gasteiger partial charge in [0.1, 0.15) is 5.69 Å². The SMILES string of the molecule is CNCc1cncc(-c2ccc3[nH]nc(-c4nc5ccccc5[nH]4)c3c2)c1. The van der Waals surface area contributed by atoms with Gasteiger partial charge in [-0.3, -0.25) is 10.1 Å². The zero-order valence-corrected chi connectivity index (χ0v) is 14.8. The summed E-state index contributed by atoms with van der Waals surface area (Å²) in [5, 5.41) is 11.8. The Kier molecular flexibility index (Phi) is 3.69. The van der Waals surface area contributed by atoms with Gasteiger partial charge < -0.3 is 10.3 Å². The van der Waals surface area contributed by atoms with Crippen LogP contribution >= 0.6 is 0 Å². The average Bonchev–Trinajstić information content (AvgIpc) is 3.31.